The Morgan fingerprint density at radius 1 is 1.26 bits per heavy atom. The summed E-state index contributed by atoms with van der Waals surface area (Å²) < 4.78 is 27.3. The van der Waals surface area contributed by atoms with Crippen LogP contribution in [0.25, 0.3) is 45.8 Å². The lowest BCUT2D eigenvalue weighted by Gasteiger charge is -2.15. The Morgan fingerprint density at radius 3 is 2.92 bits per heavy atom. The summed E-state index contributed by atoms with van der Waals surface area (Å²) in [5.41, 5.74) is 7.25. The summed E-state index contributed by atoms with van der Waals surface area (Å²) in [6.07, 6.45) is 14.7. The zero-order chi connectivity index (χ0) is 26.3. The van der Waals surface area contributed by atoms with Crippen molar-refractivity contribution < 1.29 is 8.78 Å². The third-order valence-electron chi connectivity index (χ3n) is 7.08. The van der Waals surface area contributed by atoms with E-state index in [1.165, 1.54) is 5.57 Å². The van der Waals surface area contributed by atoms with Crippen molar-refractivity contribution in [1.82, 2.24) is 30.0 Å². The third-order valence-corrected chi connectivity index (χ3v) is 7.08. The van der Waals surface area contributed by atoms with Gasteiger partial charge in [-0.3, -0.25) is 15.0 Å². The van der Waals surface area contributed by atoms with Crippen molar-refractivity contribution in [3.63, 3.8) is 0 Å². The topological polar surface area (TPSA) is 73.5 Å². The fourth-order valence-electron chi connectivity index (χ4n) is 5.15. The summed E-state index contributed by atoms with van der Waals surface area (Å²) >= 11 is 0. The highest BCUT2D eigenvalue weighted by molar-refractivity contribution is 5.94. The lowest BCUT2D eigenvalue weighted by atomic mass is 10.1. The van der Waals surface area contributed by atoms with Crippen molar-refractivity contribution in [2.24, 2.45) is 0 Å². The number of pyridine rings is 1. The van der Waals surface area contributed by atoms with Crippen LogP contribution in [0.3, 0.4) is 0 Å². The number of para-hydroxylation sites is 1. The number of allylic oxidation sites excluding steroid dienone is 5. The van der Waals surface area contributed by atoms with Gasteiger partial charge in [0.05, 0.1) is 22.9 Å². The van der Waals surface area contributed by atoms with Gasteiger partial charge in [-0.2, -0.15) is 5.10 Å². The van der Waals surface area contributed by atoms with E-state index < -0.39 is 5.92 Å². The van der Waals surface area contributed by atoms with Gasteiger partial charge in [0.1, 0.15) is 5.69 Å². The molecule has 6 nitrogen and oxygen atoms in total. The molecule has 0 saturated carbocycles. The number of imidazole rings is 1. The van der Waals surface area contributed by atoms with Crippen molar-refractivity contribution in [1.29, 1.82) is 0 Å². The number of fused-ring (bicyclic) bond motifs is 1. The zero-order valence-corrected chi connectivity index (χ0v) is 21.1. The number of hydrogen-bond donors (Lipinski definition) is 2. The monoisotopic (exact) mass is 510 g/mol. The molecule has 0 unspecified atom stereocenters. The summed E-state index contributed by atoms with van der Waals surface area (Å²) in [5.74, 6) is -1.95. The van der Waals surface area contributed by atoms with Gasteiger partial charge in [0.25, 0.3) is 5.92 Å². The number of likely N-dealkylation sites (tertiary alicyclic amines) is 1. The first-order valence-electron chi connectivity index (χ1n) is 12.7. The van der Waals surface area contributed by atoms with Crippen LogP contribution in [0.2, 0.25) is 0 Å². The summed E-state index contributed by atoms with van der Waals surface area (Å²) in [7, 11) is 0. The Hall–Kier alpha value is -4.17. The zero-order valence-electron chi connectivity index (χ0n) is 21.1. The van der Waals surface area contributed by atoms with Crippen LogP contribution in [-0.4, -0.2) is 49.1 Å². The molecule has 0 radical (unpaired) electrons. The fraction of sp³-hybridized carbons (Fsp3) is 0.233. The van der Waals surface area contributed by atoms with Crippen LogP contribution in [0.4, 0.5) is 8.78 Å². The summed E-state index contributed by atoms with van der Waals surface area (Å²) in [6, 6.07) is 8.10. The Balaban J connectivity index is 1.35. The van der Waals surface area contributed by atoms with Crippen LogP contribution in [0, 0.1) is 0 Å². The number of hydrogen-bond acceptors (Lipinski definition) is 4. The summed E-state index contributed by atoms with van der Waals surface area (Å²) in [5, 5.41) is 9.41. The molecule has 192 valence electrons. The number of nitrogens with one attached hydrogen (secondary N) is 2. The van der Waals surface area contributed by atoms with E-state index in [1.54, 1.807) is 17.3 Å². The van der Waals surface area contributed by atoms with Crippen molar-refractivity contribution in [3.05, 3.63) is 88.7 Å². The lowest BCUT2D eigenvalue weighted by molar-refractivity contribution is 0.0115. The van der Waals surface area contributed by atoms with Crippen LogP contribution in [0.1, 0.15) is 36.5 Å². The predicted octanol–water partition coefficient (Wildman–Crippen LogP) is 4.83. The average molecular weight is 511 g/mol. The summed E-state index contributed by atoms with van der Waals surface area (Å²) in [4.78, 5) is 14.5. The van der Waals surface area contributed by atoms with Crippen LogP contribution in [-0.2, 0) is 6.54 Å². The van der Waals surface area contributed by atoms with E-state index in [-0.39, 0.29) is 13.0 Å². The molecule has 2 N–H and O–H groups in total. The molecule has 4 aromatic rings. The second-order valence-corrected chi connectivity index (χ2v) is 9.84. The van der Waals surface area contributed by atoms with Crippen molar-refractivity contribution in [2.75, 3.05) is 13.1 Å². The van der Waals surface area contributed by atoms with E-state index >= 15 is 0 Å². The maximum absolute atomic E-state index is 13.6. The van der Waals surface area contributed by atoms with E-state index in [0.717, 1.165) is 50.3 Å². The number of rotatable bonds is 6. The third kappa shape index (κ3) is 4.63. The van der Waals surface area contributed by atoms with Crippen LogP contribution < -0.4 is 10.6 Å². The standard InChI is InChI=1S/C30H28F2N6/c1-3-25-24(13-19(2)22-14-20(15-33-16-22)17-38-12-11-30(31,32)18-38)28(37-36-25)29-34-26-10-6-9-23(27(26)35-29)21-7-4-5-8-21/h3-4,6-10,13-16,36H,2,5,11-12,17-18H2,1H3,(H,34,35)/b24-13+,25-3+. The van der Waals surface area contributed by atoms with E-state index in [0.29, 0.717) is 24.6 Å². The highest BCUT2D eigenvalue weighted by Gasteiger charge is 2.37. The molecular weight excluding hydrogens is 482 g/mol. The molecule has 6 rings (SSSR count). The molecule has 0 spiro atoms. The van der Waals surface area contributed by atoms with Gasteiger partial charge >= 0.3 is 0 Å². The number of halogens is 2. The molecule has 0 amide bonds. The lowest BCUT2D eigenvalue weighted by Crippen LogP contribution is -2.25. The maximum Gasteiger partial charge on any atom is 0.261 e. The van der Waals surface area contributed by atoms with Crippen LogP contribution in [0.15, 0.2) is 61.5 Å². The normalized spacial score (nSPS) is 18.1. The number of H-pyrrole nitrogens is 2. The highest BCUT2D eigenvalue weighted by Crippen LogP contribution is 2.30. The first-order chi connectivity index (χ1) is 18.4. The SMILES string of the molecule is C=C(/C=c1/c(-c2nc3c(C4=CCC=C4)cccc3[nH]2)n[nH]/c1=C/C)c1cncc(CN2CCC(F)(F)C2)c1. The first kappa shape index (κ1) is 24.2. The Morgan fingerprint density at radius 2 is 2.16 bits per heavy atom. The number of alkyl halides is 2. The van der Waals surface area contributed by atoms with Crippen molar-refractivity contribution in [3.8, 4) is 11.5 Å². The molecular formula is C30H28F2N6. The molecule has 1 aliphatic carbocycles. The summed E-state index contributed by atoms with van der Waals surface area (Å²) in [6.45, 7) is 6.83. The predicted molar refractivity (Wildman–Crippen MR) is 147 cm³/mol. The second kappa shape index (κ2) is 9.61. The molecule has 1 aliphatic heterocycles. The molecule has 4 heterocycles. The minimum atomic E-state index is -2.62. The van der Waals surface area contributed by atoms with Crippen molar-refractivity contribution >= 4 is 34.3 Å². The number of aromatic amines is 2. The minimum absolute atomic E-state index is 0.0995. The molecule has 2 aliphatic rings. The first-order valence-corrected chi connectivity index (χ1v) is 12.7. The van der Waals surface area contributed by atoms with Gasteiger partial charge in [0, 0.05) is 42.7 Å². The Bertz CT molecular complexity index is 1720. The smallest absolute Gasteiger partial charge is 0.261 e. The van der Waals surface area contributed by atoms with Gasteiger partial charge in [-0.1, -0.05) is 43.0 Å². The van der Waals surface area contributed by atoms with Crippen LogP contribution in [0.5, 0.6) is 0 Å². The number of nitrogens with zero attached hydrogens (tertiary/aromatic N) is 4. The van der Waals surface area contributed by atoms with E-state index in [1.807, 2.05) is 37.3 Å². The second-order valence-electron chi connectivity index (χ2n) is 9.84. The van der Waals surface area contributed by atoms with Crippen LogP contribution >= 0.6 is 0 Å². The Labute approximate surface area is 218 Å². The van der Waals surface area contributed by atoms with Gasteiger partial charge in [0.15, 0.2) is 5.82 Å². The molecule has 0 atom stereocenters. The molecule has 1 saturated heterocycles. The maximum atomic E-state index is 13.6. The number of aromatic nitrogens is 5. The van der Waals surface area contributed by atoms with E-state index in [2.05, 4.69) is 51.0 Å². The molecule has 3 aromatic heterocycles. The van der Waals surface area contributed by atoms with E-state index in [9.17, 15) is 8.78 Å². The van der Waals surface area contributed by atoms with Gasteiger partial charge < -0.3 is 4.98 Å². The fourth-order valence-corrected chi connectivity index (χ4v) is 5.15. The van der Waals surface area contributed by atoms with Gasteiger partial charge in [-0.25, -0.2) is 13.8 Å². The minimum Gasteiger partial charge on any atom is -0.337 e. The molecule has 38 heavy (non-hydrogen) atoms. The molecule has 1 aromatic carbocycles. The van der Waals surface area contributed by atoms with E-state index in [4.69, 9.17) is 4.98 Å². The largest absolute Gasteiger partial charge is 0.337 e. The molecule has 0 bridgehead atoms. The highest BCUT2D eigenvalue weighted by atomic mass is 19.3. The van der Waals surface area contributed by atoms with Gasteiger partial charge in [-0.15, -0.1) is 0 Å². The Kier molecular flexibility index (Phi) is 6.12. The molecule has 1 fully saturated rings. The molecule has 8 heteroatoms. The number of benzene rings is 1. The average Bonchev–Trinajstić information content (AvgIpc) is 3.70. The van der Waals surface area contributed by atoms with Gasteiger partial charge in [0.2, 0.25) is 0 Å². The van der Waals surface area contributed by atoms with Gasteiger partial charge in [-0.05, 0) is 53.8 Å². The van der Waals surface area contributed by atoms with Crippen molar-refractivity contribution in [2.45, 2.75) is 32.2 Å². The quantitative estimate of drug-likeness (QED) is 0.390.